The number of ether oxygens (including phenoxy) is 3. The standard InChI is InChI=1S/C10H20O3/c1-5-6-13-10(3)8-12-7-9(2)11-4/h5-6,9-10H,7-8H2,1-4H3. The van der Waals surface area contributed by atoms with Gasteiger partial charge >= 0.3 is 0 Å². The average molecular weight is 188 g/mol. The van der Waals surface area contributed by atoms with Crippen molar-refractivity contribution in [3.63, 3.8) is 0 Å². The second-order valence-electron chi connectivity index (χ2n) is 3.00. The van der Waals surface area contributed by atoms with E-state index in [1.54, 1.807) is 13.7 Å². The van der Waals surface area contributed by atoms with E-state index >= 15 is 0 Å². The lowest BCUT2D eigenvalue weighted by molar-refractivity contribution is -0.0212. The second-order valence-corrected chi connectivity index (χ2v) is 3.00. The van der Waals surface area contributed by atoms with Crippen LogP contribution in [0, 0.1) is 13.0 Å². The molecule has 0 aliphatic rings. The first-order valence-corrected chi connectivity index (χ1v) is 4.57. The fourth-order valence-corrected chi connectivity index (χ4v) is 0.720. The first-order valence-electron chi connectivity index (χ1n) is 4.57. The van der Waals surface area contributed by atoms with Crippen molar-refractivity contribution in [3.05, 3.63) is 13.0 Å². The largest absolute Gasteiger partial charge is 0.379 e. The van der Waals surface area contributed by atoms with Crippen molar-refractivity contribution in [2.75, 3.05) is 20.3 Å². The molecule has 0 amide bonds. The molecule has 3 nitrogen and oxygen atoms in total. The minimum absolute atomic E-state index is 0.0975. The monoisotopic (exact) mass is 188 g/mol. The van der Waals surface area contributed by atoms with Gasteiger partial charge in [0.05, 0.1) is 32.0 Å². The summed E-state index contributed by atoms with van der Waals surface area (Å²) < 4.78 is 15.7. The Balaban J connectivity index is 3.21. The summed E-state index contributed by atoms with van der Waals surface area (Å²) >= 11 is 0. The molecular weight excluding hydrogens is 168 g/mol. The molecule has 0 aromatic carbocycles. The van der Waals surface area contributed by atoms with Gasteiger partial charge in [-0.05, 0) is 20.3 Å². The molecule has 0 aliphatic carbocycles. The van der Waals surface area contributed by atoms with Crippen LogP contribution in [0.2, 0.25) is 0 Å². The summed E-state index contributed by atoms with van der Waals surface area (Å²) in [6.07, 6.45) is 2.10. The van der Waals surface area contributed by atoms with Gasteiger partial charge in [0.25, 0.3) is 0 Å². The number of rotatable bonds is 8. The van der Waals surface area contributed by atoms with Gasteiger partial charge in [-0.3, -0.25) is 0 Å². The van der Waals surface area contributed by atoms with Crippen LogP contribution in [0.1, 0.15) is 20.8 Å². The van der Waals surface area contributed by atoms with Crippen molar-refractivity contribution >= 4 is 0 Å². The van der Waals surface area contributed by atoms with Crippen LogP contribution in [0.4, 0.5) is 0 Å². The molecule has 0 saturated heterocycles. The van der Waals surface area contributed by atoms with Crippen LogP contribution < -0.4 is 0 Å². The number of hydrogen-bond acceptors (Lipinski definition) is 3. The molecule has 0 saturated carbocycles. The molecule has 0 aromatic rings. The van der Waals surface area contributed by atoms with Crippen LogP contribution in [0.25, 0.3) is 0 Å². The molecule has 0 fully saturated rings. The Morgan fingerprint density at radius 2 is 1.77 bits per heavy atom. The summed E-state index contributed by atoms with van der Waals surface area (Å²) in [5, 5.41) is 0. The highest BCUT2D eigenvalue weighted by molar-refractivity contribution is 4.68. The lowest BCUT2D eigenvalue weighted by Gasteiger charge is -2.14. The number of methoxy groups -OCH3 is 1. The Morgan fingerprint density at radius 3 is 2.31 bits per heavy atom. The molecular formula is C10H20O3. The van der Waals surface area contributed by atoms with Crippen molar-refractivity contribution in [1.82, 2.24) is 0 Å². The Hall–Kier alpha value is -0.120. The predicted octanol–water partition coefficient (Wildman–Crippen LogP) is 1.83. The van der Waals surface area contributed by atoms with Crippen molar-refractivity contribution in [2.45, 2.75) is 33.0 Å². The molecule has 0 spiro atoms. The van der Waals surface area contributed by atoms with E-state index in [4.69, 9.17) is 14.2 Å². The molecule has 2 radical (unpaired) electrons. The summed E-state index contributed by atoms with van der Waals surface area (Å²) in [4.78, 5) is 0. The minimum atomic E-state index is 0.0975. The predicted molar refractivity (Wildman–Crippen MR) is 52.1 cm³/mol. The van der Waals surface area contributed by atoms with Crippen LogP contribution >= 0.6 is 0 Å². The Bertz CT molecular complexity index is 106. The maximum atomic E-state index is 5.36. The molecule has 2 unspecified atom stereocenters. The van der Waals surface area contributed by atoms with Gasteiger partial charge in [0.1, 0.15) is 0 Å². The van der Waals surface area contributed by atoms with Crippen LogP contribution in [0.3, 0.4) is 0 Å². The van der Waals surface area contributed by atoms with Crippen molar-refractivity contribution in [2.24, 2.45) is 0 Å². The molecule has 3 heteroatoms. The quantitative estimate of drug-likeness (QED) is 0.581. The first kappa shape index (κ1) is 12.9. The molecule has 0 bridgehead atoms. The number of hydrogen-bond donors (Lipinski definition) is 0. The summed E-state index contributed by atoms with van der Waals surface area (Å²) in [5.41, 5.74) is 0. The summed E-state index contributed by atoms with van der Waals surface area (Å²) in [5.74, 6) is 0. The molecule has 0 rings (SSSR count). The molecule has 0 N–H and O–H groups in total. The maximum Gasteiger partial charge on any atom is 0.0873 e. The smallest absolute Gasteiger partial charge is 0.0873 e. The van der Waals surface area contributed by atoms with Crippen molar-refractivity contribution < 1.29 is 14.2 Å². The van der Waals surface area contributed by atoms with E-state index in [1.165, 1.54) is 0 Å². The van der Waals surface area contributed by atoms with Gasteiger partial charge < -0.3 is 14.2 Å². The van der Waals surface area contributed by atoms with Gasteiger partial charge in [-0.25, -0.2) is 0 Å². The van der Waals surface area contributed by atoms with Gasteiger partial charge in [0.2, 0.25) is 0 Å². The molecule has 0 heterocycles. The first-order chi connectivity index (χ1) is 6.20. The van der Waals surface area contributed by atoms with E-state index in [1.807, 2.05) is 27.2 Å². The molecule has 2 atom stereocenters. The minimum Gasteiger partial charge on any atom is -0.379 e. The fourth-order valence-electron chi connectivity index (χ4n) is 0.720. The molecule has 0 aliphatic heterocycles. The summed E-state index contributed by atoms with van der Waals surface area (Å²) in [6.45, 7) is 8.74. The zero-order valence-electron chi connectivity index (χ0n) is 8.95. The Kier molecular flexibility index (Phi) is 8.40. The molecule has 0 aromatic heterocycles. The SMILES string of the molecule is C[CH][CH]OC(C)COCC(C)OC. The van der Waals surface area contributed by atoms with E-state index < -0.39 is 0 Å². The van der Waals surface area contributed by atoms with E-state index in [0.717, 1.165) is 0 Å². The van der Waals surface area contributed by atoms with Crippen LogP contribution in [-0.4, -0.2) is 32.5 Å². The zero-order valence-corrected chi connectivity index (χ0v) is 8.95. The summed E-state index contributed by atoms with van der Waals surface area (Å²) in [7, 11) is 1.67. The highest BCUT2D eigenvalue weighted by Gasteiger charge is 2.04. The van der Waals surface area contributed by atoms with E-state index in [2.05, 4.69) is 0 Å². The van der Waals surface area contributed by atoms with Crippen LogP contribution in [0.5, 0.6) is 0 Å². The van der Waals surface area contributed by atoms with Crippen molar-refractivity contribution in [1.29, 1.82) is 0 Å². The fraction of sp³-hybridized carbons (Fsp3) is 0.800. The normalized spacial score (nSPS) is 15.7. The second kappa shape index (κ2) is 8.48. The lowest BCUT2D eigenvalue weighted by Crippen LogP contribution is -2.20. The van der Waals surface area contributed by atoms with E-state index in [0.29, 0.717) is 13.2 Å². The topological polar surface area (TPSA) is 27.7 Å². The van der Waals surface area contributed by atoms with E-state index in [-0.39, 0.29) is 12.2 Å². The third kappa shape index (κ3) is 8.22. The van der Waals surface area contributed by atoms with Gasteiger partial charge in [0.15, 0.2) is 0 Å². The highest BCUT2D eigenvalue weighted by atomic mass is 16.5. The van der Waals surface area contributed by atoms with E-state index in [9.17, 15) is 0 Å². The van der Waals surface area contributed by atoms with Gasteiger partial charge in [-0.15, -0.1) is 0 Å². The van der Waals surface area contributed by atoms with Crippen LogP contribution in [0.15, 0.2) is 0 Å². The maximum absolute atomic E-state index is 5.36. The lowest BCUT2D eigenvalue weighted by atomic mass is 10.4. The summed E-state index contributed by atoms with van der Waals surface area (Å²) in [6, 6.07) is 0. The van der Waals surface area contributed by atoms with Crippen LogP contribution in [-0.2, 0) is 14.2 Å². The third-order valence-electron chi connectivity index (χ3n) is 1.55. The highest BCUT2D eigenvalue weighted by Crippen LogP contribution is 1.98. The Morgan fingerprint density at radius 1 is 1.15 bits per heavy atom. The third-order valence-corrected chi connectivity index (χ3v) is 1.55. The van der Waals surface area contributed by atoms with Crippen molar-refractivity contribution in [3.8, 4) is 0 Å². The average Bonchev–Trinajstić information content (AvgIpc) is 2.14. The Labute approximate surface area is 81.4 Å². The van der Waals surface area contributed by atoms with Gasteiger partial charge in [0, 0.05) is 7.11 Å². The van der Waals surface area contributed by atoms with Gasteiger partial charge in [-0.2, -0.15) is 0 Å². The molecule has 78 valence electrons. The molecule has 13 heavy (non-hydrogen) atoms. The zero-order chi connectivity index (χ0) is 10.1. The van der Waals surface area contributed by atoms with Gasteiger partial charge in [-0.1, -0.05) is 6.92 Å².